The second-order valence-corrected chi connectivity index (χ2v) is 4.15. The van der Waals surface area contributed by atoms with Gasteiger partial charge < -0.3 is 19.5 Å². The van der Waals surface area contributed by atoms with Crippen LogP contribution in [0.4, 0.5) is 8.78 Å². The van der Waals surface area contributed by atoms with Gasteiger partial charge in [0.15, 0.2) is 0 Å². The molecule has 1 aromatic rings. The molecule has 0 aromatic heterocycles. The molecular weight excluding hydrogens is 268 g/mol. The molecule has 4 nitrogen and oxygen atoms in total. The van der Waals surface area contributed by atoms with Crippen LogP contribution < -0.4 is 14.8 Å². The zero-order valence-corrected chi connectivity index (χ0v) is 12.0. The predicted molar refractivity (Wildman–Crippen MR) is 72.8 cm³/mol. The van der Waals surface area contributed by atoms with E-state index in [0.717, 1.165) is 5.56 Å². The van der Waals surface area contributed by atoms with E-state index < -0.39 is 13.0 Å². The average Bonchev–Trinajstić information content (AvgIpc) is 2.45. The molecule has 0 bridgehead atoms. The lowest BCUT2D eigenvalue weighted by atomic mass is 10.1. The molecule has 0 saturated carbocycles. The molecule has 0 heterocycles. The largest absolute Gasteiger partial charge is 0.497 e. The van der Waals surface area contributed by atoms with Crippen molar-refractivity contribution in [2.75, 3.05) is 34.0 Å². The molecule has 20 heavy (non-hydrogen) atoms. The van der Waals surface area contributed by atoms with Crippen molar-refractivity contribution in [3.63, 3.8) is 0 Å². The first-order valence-electron chi connectivity index (χ1n) is 6.43. The van der Waals surface area contributed by atoms with E-state index in [1.54, 1.807) is 26.4 Å². The fourth-order valence-electron chi connectivity index (χ4n) is 1.89. The zero-order valence-electron chi connectivity index (χ0n) is 12.0. The summed E-state index contributed by atoms with van der Waals surface area (Å²) >= 11 is 0. The number of halogens is 2. The Hall–Kier alpha value is -1.40. The smallest absolute Gasteiger partial charge is 0.261 e. The van der Waals surface area contributed by atoms with Gasteiger partial charge in [0.2, 0.25) is 0 Å². The van der Waals surface area contributed by atoms with E-state index in [1.165, 1.54) is 0 Å². The minimum Gasteiger partial charge on any atom is -0.497 e. The number of hydrogen-bond acceptors (Lipinski definition) is 4. The summed E-state index contributed by atoms with van der Waals surface area (Å²) in [4.78, 5) is 0. The van der Waals surface area contributed by atoms with Crippen LogP contribution in [0.15, 0.2) is 18.2 Å². The van der Waals surface area contributed by atoms with Gasteiger partial charge in [0.1, 0.15) is 18.1 Å². The van der Waals surface area contributed by atoms with E-state index in [2.05, 4.69) is 5.32 Å². The average molecular weight is 289 g/mol. The van der Waals surface area contributed by atoms with Crippen LogP contribution in [-0.2, 0) is 4.74 Å². The number of nitrogens with one attached hydrogen (secondary N) is 1. The third-order valence-corrected chi connectivity index (χ3v) is 2.79. The quantitative estimate of drug-likeness (QED) is 0.758. The number of ether oxygens (including phenoxy) is 3. The summed E-state index contributed by atoms with van der Waals surface area (Å²) in [6, 6.07) is 5.15. The van der Waals surface area contributed by atoms with E-state index >= 15 is 0 Å². The summed E-state index contributed by atoms with van der Waals surface area (Å²) in [6.07, 6.45) is -2.47. The van der Waals surface area contributed by atoms with Crippen LogP contribution in [0, 0.1) is 0 Å². The van der Waals surface area contributed by atoms with Crippen LogP contribution in [-0.4, -0.2) is 40.4 Å². The van der Waals surface area contributed by atoms with Gasteiger partial charge in [0, 0.05) is 5.56 Å². The van der Waals surface area contributed by atoms with Gasteiger partial charge in [0.05, 0.1) is 26.9 Å². The molecule has 1 N–H and O–H groups in total. The monoisotopic (exact) mass is 289 g/mol. The Morgan fingerprint density at radius 3 is 2.45 bits per heavy atom. The van der Waals surface area contributed by atoms with Crippen molar-refractivity contribution in [3.8, 4) is 11.5 Å². The third-order valence-electron chi connectivity index (χ3n) is 2.79. The second-order valence-electron chi connectivity index (χ2n) is 4.15. The SMILES string of the molecule is CCNC(COCC(F)F)c1cc(OC)ccc1OC. The Labute approximate surface area is 118 Å². The highest BCUT2D eigenvalue weighted by atomic mass is 19.3. The molecule has 1 aromatic carbocycles. The van der Waals surface area contributed by atoms with E-state index in [9.17, 15) is 8.78 Å². The maximum atomic E-state index is 12.1. The second kappa shape index (κ2) is 8.71. The number of benzene rings is 1. The number of rotatable bonds is 9. The van der Waals surface area contributed by atoms with Crippen molar-refractivity contribution in [3.05, 3.63) is 23.8 Å². The predicted octanol–water partition coefficient (Wildman–Crippen LogP) is 2.64. The van der Waals surface area contributed by atoms with Crippen LogP contribution in [0.1, 0.15) is 18.5 Å². The van der Waals surface area contributed by atoms with Crippen LogP contribution in [0.5, 0.6) is 11.5 Å². The molecule has 1 atom stereocenters. The van der Waals surface area contributed by atoms with E-state index in [0.29, 0.717) is 18.0 Å². The molecule has 0 aliphatic carbocycles. The van der Waals surface area contributed by atoms with Crippen molar-refractivity contribution >= 4 is 0 Å². The lowest BCUT2D eigenvalue weighted by Gasteiger charge is -2.21. The lowest BCUT2D eigenvalue weighted by molar-refractivity contribution is 0.00914. The minimum absolute atomic E-state index is 0.141. The molecule has 1 rings (SSSR count). The fraction of sp³-hybridized carbons (Fsp3) is 0.571. The summed E-state index contributed by atoms with van der Waals surface area (Å²) in [5.74, 6) is 1.34. The highest BCUT2D eigenvalue weighted by Gasteiger charge is 2.17. The lowest BCUT2D eigenvalue weighted by Crippen LogP contribution is -2.26. The zero-order chi connectivity index (χ0) is 15.0. The summed E-state index contributed by atoms with van der Waals surface area (Å²) in [6.45, 7) is 2.19. The Morgan fingerprint density at radius 1 is 1.15 bits per heavy atom. The maximum Gasteiger partial charge on any atom is 0.261 e. The molecule has 114 valence electrons. The standard InChI is InChI=1S/C14H21F2NO3/c1-4-17-12(8-20-9-14(15)16)11-7-10(18-2)5-6-13(11)19-3/h5-7,12,14,17H,4,8-9H2,1-3H3. The number of alkyl halides is 2. The van der Waals surface area contributed by atoms with Gasteiger partial charge in [-0.25, -0.2) is 8.78 Å². The van der Waals surface area contributed by atoms with E-state index in [-0.39, 0.29) is 12.6 Å². The van der Waals surface area contributed by atoms with Crippen molar-refractivity contribution in [2.24, 2.45) is 0 Å². The van der Waals surface area contributed by atoms with Gasteiger partial charge in [-0.1, -0.05) is 6.92 Å². The molecule has 0 spiro atoms. The van der Waals surface area contributed by atoms with Gasteiger partial charge in [-0.2, -0.15) is 0 Å². The summed E-state index contributed by atoms with van der Waals surface area (Å²) in [5.41, 5.74) is 0.822. The first kappa shape index (κ1) is 16.7. The molecule has 0 saturated heterocycles. The highest BCUT2D eigenvalue weighted by molar-refractivity contribution is 5.42. The molecule has 0 fully saturated rings. The van der Waals surface area contributed by atoms with Crippen LogP contribution in [0.25, 0.3) is 0 Å². The van der Waals surface area contributed by atoms with Gasteiger partial charge in [-0.15, -0.1) is 0 Å². The van der Waals surface area contributed by atoms with Gasteiger partial charge in [0.25, 0.3) is 6.43 Å². The van der Waals surface area contributed by atoms with Crippen molar-refractivity contribution in [2.45, 2.75) is 19.4 Å². The topological polar surface area (TPSA) is 39.7 Å². The Balaban J connectivity index is 2.88. The van der Waals surface area contributed by atoms with Crippen LogP contribution >= 0.6 is 0 Å². The first-order chi connectivity index (χ1) is 9.62. The van der Waals surface area contributed by atoms with Gasteiger partial charge in [-0.05, 0) is 24.7 Å². The highest BCUT2D eigenvalue weighted by Crippen LogP contribution is 2.29. The summed E-state index contributed by atoms with van der Waals surface area (Å²) in [5, 5.41) is 3.19. The Morgan fingerprint density at radius 2 is 1.90 bits per heavy atom. The minimum atomic E-state index is -2.47. The van der Waals surface area contributed by atoms with Gasteiger partial charge in [-0.3, -0.25) is 0 Å². The van der Waals surface area contributed by atoms with E-state index in [1.807, 2.05) is 13.0 Å². The molecule has 6 heteroatoms. The van der Waals surface area contributed by atoms with Crippen molar-refractivity contribution in [1.82, 2.24) is 5.32 Å². The molecule has 0 radical (unpaired) electrons. The van der Waals surface area contributed by atoms with Crippen molar-refractivity contribution in [1.29, 1.82) is 0 Å². The Kier molecular flexibility index (Phi) is 7.25. The molecule has 0 aliphatic heterocycles. The molecule has 0 aliphatic rings. The van der Waals surface area contributed by atoms with Gasteiger partial charge >= 0.3 is 0 Å². The molecular formula is C14H21F2NO3. The Bertz CT molecular complexity index is 402. The normalized spacial score (nSPS) is 12.5. The van der Waals surface area contributed by atoms with Crippen LogP contribution in [0.2, 0.25) is 0 Å². The van der Waals surface area contributed by atoms with Crippen molar-refractivity contribution < 1.29 is 23.0 Å². The molecule has 0 amide bonds. The van der Waals surface area contributed by atoms with E-state index in [4.69, 9.17) is 14.2 Å². The summed E-state index contributed by atoms with van der Waals surface area (Å²) < 4.78 is 39.8. The third kappa shape index (κ3) is 4.94. The fourth-order valence-corrected chi connectivity index (χ4v) is 1.89. The first-order valence-corrected chi connectivity index (χ1v) is 6.43. The number of methoxy groups -OCH3 is 2. The van der Waals surface area contributed by atoms with Crippen LogP contribution in [0.3, 0.4) is 0 Å². The number of likely N-dealkylation sites (N-methyl/N-ethyl adjacent to an activating group) is 1. The summed E-state index contributed by atoms with van der Waals surface area (Å²) in [7, 11) is 3.13. The molecule has 1 unspecified atom stereocenters. The maximum absolute atomic E-state index is 12.1. The number of hydrogen-bond donors (Lipinski definition) is 1.